The van der Waals surface area contributed by atoms with E-state index in [0.29, 0.717) is 24.0 Å². The Morgan fingerprint density at radius 3 is 2.55 bits per heavy atom. The summed E-state index contributed by atoms with van der Waals surface area (Å²) in [6, 6.07) is 15.3. The van der Waals surface area contributed by atoms with Gasteiger partial charge < -0.3 is 19.5 Å². The molecule has 166 valence electrons. The molecule has 1 heterocycles. The van der Waals surface area contributed by atoms with E-state index >= 15 is 0 Å². The highest BCUT2D eigenvalue weighted by Crippen LogP contribution is 2.25. The van der Waals surface area contributed by atoms with Crippen LogP contribution in [0, 0.1) is 5.92 Å². The van der Waals surface area contributed by atoms with Gasteiger partial charge in [-0.1, -0.05) is 42.5 Å². The van der Waals surface area contributed by atoms with Crippen LogP contribution in [0.25, 0.3) is 6.08 Å². The Morgan fingerprint density at radius 1 is 1.06 bits per heavy atom. The molecule has 1 fully saturated rings. The van der Waals surface area contributed by atoms with Crippen LogP contribution in [0.4, 0.5) is 0 Å². The largest absolute Gasteiger partial charge is 0.496 e. The SMILES string of the molecule is COc1ccccc1/C=C/CN1CCC[C@@H](CNC(=O)COc2ccccc2OC)C1. The van der Waals surface area contributed by atoms with E-state index in [9.17, 15) is 4.79 Å². The van der Waals surface area contributed by atoms with Gasteiger partial charge >= 0.3 is 0 Å². The molecule has 0 aliphatic carbocycles. The van der Waals surface area contributed by atoms with Crippen molar-refractivity contribution in [2.45, 2.75) is 12.8 Å². The van der Waals surface area contributed by atoms with Crippen molar-refractivity contribution in [3.63, 3.8) is 0 Å². The van der Waals surface area contributed by atoms with Crippen LogP contribution >= 0.6 is 0 Å². The van der Waals surface area contributed by atoms with E-state index in [1.165, 1.54) is 0 Å². The summed E-state index contributed by atoms with van der Waals surface area (Å²) in [6.45, 7) is 3.60. The summed E-state index contributed by atoms with van der Waals surface area (Å²) in [6.07, 6.45) is 6.56. The summed E-state index contributed by atoms with van der Waals surface area (Å²) in [5.41, 5.74) is 1.08. The molecule has 1 amide bonds. The molecule has 1 atom stereocenters. The predicted octanol–water partition coefficient (Wildman–Crippen LogP) is 3.62. The maximum absolute atomic E-state index is 12.2. The lowest BCUT2D eigenvalue weighted by Gasteiger charge is -2.32. The number of nitrogens with zero attached hydrogens (tertiary/aromatic N) is 1. The zero-order chi connectivity index (χ0) is 21.9. The average molecular weight is 425 g/mol. The lowest BCUT2D eigenvalue weighted by atomic mass is 9.98. The van der Waals surface area contributed by atoms with Gasteiger partial charge in [-0.25, -0.2) is 0 Å². The van der Waals surface area contributed by atoms with Crippen LogP contribution in [0.3, 0.4) is 0 Å². The van der Waals surface area contributed by atoms with Gasteiger partial charge in [0.25, 0.3) is 5.91 Å². The first-order valence-electron chi connectivity index (χ1n) is 10.7. The van der Waals surface area contributed by atoms with Crippen molar-refractivity contribution in [2.24, 2.45) is 5.92 Å². The molecule has 1 saturated heterocycles. The van der Waals surface area contributed by atoms with Gasteiger partial charge in [-0.15, -0.1) is 0 Å². The zero-order valence-electron chi connectivity index (χ0n) is 18.4. The number of amides is 1. The minimum atomic E-state index is -0.112. The van der Waals surface area contributed by atoms with Gasteiger partial charge in [0.15, 0.2) is 18.1 Å². The van der Waals surface area contributed by atoms with Crippen molar-refractivity contribution in [1.29, 1.82) is 0 Å². The third-order valence-electron chi connectivity index (χ3n) is 5.42. The molecule has 0 spiro atoms. The number of carbonyl (C=O) groups excluding carboxylic acids is 1. The highest BCUT2D eigenvalue weighted by Gasteiger charge is 2.19. The van der Waals surface area contributed by atoms with E-state index in [1.807, 2.05) is 36.4 Å². The van der Waals surface area contributed by atoms with Crippen molar-refractivity contribution in [1.82, 2.24) is 10.2 Å². The first-order valence-corrected chi connectivity index (χ1v) is 10.7. The quantitative estimate of drug-likeness (QED) is 0.631. The van der Waals surface area contributed by atoms with Crippen LogP contribution in [-0.4, -0.2) is 57.8 Å². The topological polar surface area (TPSA) is 60.0 Å². The number of methoxy groups -OCH3 is 2. The molecule has 2 aromatic carbocycles. The molecule has 0 saturated carbocycles. The maximum Gasteiger partial charge on any atom is 0.257 e. The van der Waals surface area contributed by atoms with Gasteiger partial charge in [0.05, 0.1) is 14.2 Å². The molecule has 31 heavy (non-hydrogen) atoms. The Bertz CT molecular complexity index is 868. The maximum atomic E-state index is 12.2. The Balaban J connectivity index is 1.40. The number of benzene rings is 2. The Hall–Kier alpha value is -2.99. The first kappa shape index (κ1) is 22.7. The van der Waals surface area contributed by atoms with Crippen molar-refractivity contribution in [3.05, 3.63) is 60.2 Å². The van der Waals surface area contributed by atoms with Crippen LogP contribution in [0.2, 0.25) is 0 Å². The Kier molecular flexibility index (Phi) is 8.79. The minimum Gasteiger partial charge on any atom is -0.496 e. The van der Waals surface area contributed by atoms with Gasteiger partial charge in [0, 0.05) is 25.2 Å². The highest BCUT2D eigenvalue weighted by atomic mass is 16.5. The molecule has 1 N–H and O–H groups in total. The smallest absolute Gasteiger partial charge is 0.257 e. The molecule has 1 aliphatic heterocycles. The number of likely N-dealkylation sites (tertiary alicyclic amines) is 1. The molecule has 3 rings (SSSR count). The third kappa shape index (κ3) is 7.03. The van der Waals surface area contributed by atoms with Gasteiger partial charge in [0.2, 0.25) is 0 Å². The van der Waals surface area contributed by atoms with Crippen molar-refractivity contribution in [2.75, 3.05) is 47.0 Å². The fourth-order valence-electron chi connectivity index (χ4n) is 3.81. The van der Waals surface area contributed by atoms with Crippen LogP contribution in [0.5, 0.6) is 17.2 Å². The fourth-order valence-corrected chi connectivity index (χ4v) is 3.81. The summed E-state index contributed by atoms with van der Waals surface area (Å²) in [7, 11) is 3.28. The summed E-state index contributed by atoms with van der Waals surface area (Å²) >= 11 is 0. The van der Waals surface area contributed by atoms with Gasteiger partial charge in [-0.05, 0) is 43.5 Å². The number of hydrogen-bond donors (Lipinski definition) is 1. The molecule has 0 unspecified atom stereocenters. The number of piperidine rings is 1. The van der Waals surface area contributed by atoms with Gasteiger partial charge in [-0.3, -0.25) is 9.69 Å². The molecule has 6 nitrogen and oxygen atoms in total. The number of para-hydroxylation sites is 3. The molecule has 6 heteroatoms. The Labute approximate surface area is 184 Å². The zero-order valence-corrected chi connectivity index (χ0v) is 18.4. The summed E-state index contributed by atoms with van der Waals surface area (Å²) in [5, 5.41) is 3.01. The molecule has 1 aliphatic rings. The number of carbonyl (C=O) groups is 1. The van der Waals surface area contributed by atoms with Crippen molar-refractivity contribution >= 4 is 12.0 Å². The minimum absolute atomic E-state index is 0.0154. The summed E-state index contributed by atoms with van der Waals surface area (Å²) in [4.78, 5) is 14.6. The molecule has 0 aromatic heterocycles. The predicted molar refractivity (Wildman–Crippen MR) is 123 cm³/mol. The second kappa shape index (κ2) is 12.0. The van der Waals surface area contributed by atoms with Crippen LogP contribution in [-0.2, 0) is 4.79 Å². The van der Waals surface area contributed by atoms with Crippen molar-refractivity contribution < 1.29 is 19.0 Å². The summed E-state index contributed by atoms with van der Waals surface area (Å²) in [5.74, 6) is 2.42. The van der Waals surface area contributed by atoms with Crippen LogP contribution < -0.4 is 19.5 Å². The highest BCUT2D eigenvalue weighted by molar-refractivity contribution is 5.77. The third-order valence-corrected chi connectivity index (χ3v) is 5.42. The van der Waals surface area contributed by atoms with E-state index in [4.69, 9.17) is 14.2 Å². The molecule has 0 radical (unpaired) electrons. The monoisotopic (exact) mass is 424 g/mol. The van der Waals surface area contributed by atoms with E-state index in [2.05, 4.69) is 28.4 Å². The second-order valence-corrected chi connectivity index (χ2v) is 7.66. The lowest BCUT2D eigenvalue weighted by molar-refractivity contribution is -0.123. The van der Waals surface area contributed by atoms with Crippen LogP contribution in [0.15, 0.2) is 54.6 Å². The lowest BCUT2D eigenvalue weighted by Crippen LogP contribution is -2.41. The van der Waals surface area contributed by atoms with E-state index < -0.39 is 0 Å². The van der Waals surface area contributed by atoms with Gasteiger partial charge in [0.1, 0.15) is 5.75 Å². The molecule has 0 bridgehead atoms. The van der Waals surface area contributed by atoms with E-state index in [0.717, 1.165) is 43.8 Å². The molecular weight excluding hydrogens is 392 g/mol. The first-order chi connectivity index (χ1) is 15.2. The second-order valence-electron chi connectivity index (χ2n) is 7.66. The number of rotatable bonds is 10. The van der Waals surface area contributed by atoms with E-state index in [-0.39, 0.29) is 12.5 Å². The summed E-state index contributed by atoms with van der Waals surface area (Å²) < 4.78 is 16.2. The number of hydrogen-bond acceptors (Lipinski definition) is 5. The van der Waals surface area contributed by atoms with Crippen LogP contribution in [0.1, 0.15) is 18.4 Å². The molecular formula is C25H32N2O4. The number of ether oxygens (including phenoxy) is 3. The number of nitrogens with one attached hydrogen (secondary N) is 1. The van der Waals surface area contributed by atoms with E-state index in [1.54, 1.807) is 20.3 Å². The Morgan fingerprint density at radius 2 is 1.77 bits per heavy atom. The standard InChI is InChI=1S/C25H32N2O4/c1-29-22-12-4-3-10-21(22)11-8-16-27-15-7-9-20(18-27)17-26-25(28)19-31-24-14-6-5-13-23(24)30-2/h3-6,8,10-14,20H,7,9,15-19H2,1-2H3,(H,26,28)/b11-8+/t20-/m0/s1. The van der Waals surface area contributed by atoms with Crippen molar-refractivity contribution in [3.8, 4) is 17.2 Å². The van der Waals surface area contributed by atoms with Gasteiger partial charge in [-0.2, -0.15) is 0 Å². The fraction of sp³-hybridized carbons (Fsp3) is 0.400. The average Bonchev–Trinajstić information content (AvgIpc) is 2.82. The normalized spacial score (nSPS) is 16.8. The molecule has 2 aromatic rings.